The number of carbonyl (C=O) groups excluding carboxylic acids is 1. The van der Waals surface area contributed by atoms with Gasteiger partial charge in [-0.25, -0.2) is 9.82 Å². The maximum absolute atomic E-state index is 13.8. The second kappa shape index (κ2) is 9.85. The van der Waals surface area contributed by atoms with Gasteiger partial charge in [0.1, 0.15) is 18.0 Å². The fourth-order valence-corrected chi connectivity index (χ4v) is 4.27. The molecule has 1 amide bonds. The van der Waals surface area contributed by atoms with Crippen LogP contribution in [0, 0.1) is 5.82 Å². The Morgan fingerprint density at radius 2 is 1.97 bits per heavy atom. The van der Waals surface area contributed by atoms with E-state index in [1.165, 1.54) is 12.3 Å². The van der Waals surface area contributed by atoms with Crippen LogP contribution in [-0.4, -0.2) is 12.1 Å². The zero-order valence-corrected chi connectivity index (χ0v) is 20.2. The number of furan rings is 1. The first-order chi connectivity index (χ1) is 15.4. The van der Waals surface area contributed by atoms with Crippen molar-refractivity contribution in [2.45, 2.75) is 6.61 Å². The first-order valence-corrected chi connectivity index (χ1v) is 11.2. The van der Waals surface area contributed by atoms with Crippen molar-refractivity contribution in [3.63, 3.8) is 0 Å². The largest absolute Gasteiger partial charge is 0.486 e. The molecule has 0 bridgehead atoms. The Morgan fingerprint density at radius 3 is 2.75 bits per heavy atom. The summed E-state index contributed by atoms with van der Waals surface area (Å²) >= 11 is 13.1. The minimum absolute atomic E-state index is 0.0303. The molecule has 0 saturated carbocycles. The summed E-state index contributed by atoms with van der Waals surface area (Å²) < 4.78 is 26.4. The molecular formula is C23H14Br2ClFN2O3. The first kappa shape index (κ1) is 22.5. The fraction of sp³-hybridized carbons (Fsp3) is 0.0435. The van der Waals surface area contributed by atoms with E-state index in [2.05, 4.69) is 42.4 Å². The van der Waals surface area contributed by atoms with E-state index in [0.29, 0.717) is 32.0 Å². The van der Waals surface area contributed by atoms with Crippen molar-refractivity contribution in [3.8, 4) is 5.75 Å². The molecule has 9 heteroatoms. The normalized spacial score (nSPS) is 11.2. The highest BCUT2D eigenvalue weighted by Crippen LogP contribution is 2.35. The number of hydrogen-bond acceptors (Lipinski definition) is 4. The molecule has 0 atom stereocenters. The molecule has 0 saturated heterocycles. The molecule has 32 heavy (non-hydrogen) atoms. The molecular weight excluding hydrogens is 567 g/mol. The molecule has 4 aromatic rings. The Morgan fingerprint density at radius 1 is 1.16 bits per heavy atom. The Balaban J connectivity index is 1.42. The van der Waals surface area contributed by atoms with Gasteiger partial charge in [0.25, 0.3) is 0 Å². The maximum atomic E-state index is 13.8. The molecule has 1 heterocycles. The van der Waals surface area contributed by atoms with Crippen LogP contribution in [0.4, 0.5) is 4.39 Å². The van der Waals surface area contributed by atoms with Gasteiger partial charge in [-0.1, -0.05) is 45.7 Å². The van der Waals surface area contributed by atoms with E-state index >= 15 is 0 Å². The van der Waals surface area contributed by atoms with Crippen molar-refractivity contribution in [2.24, 2.45) is 5.10 Å². The standard InChI is InChI=1S/C23H14Br2ClFN2O3/c24-16-5-6-20-15(9-16)10-21(32-20)23(30)29-28-11-13-7-17(25)22(18(26)8-13)31-12-14-3-1-2-4-19(14)27/h1-11H,12H2,(H,29,30)/b28-11+. The highest BCUT2D eigenvalue weighted by molar-refractivity contribution is 9.10. The topological polar surface area (TPSA) is 63.8 Å². The van der Waals surface area contributed by atoms with Crippen LogP contribution in [0.2, 0.25) is 5.02 Å². The smallest absolute Gasteiger partial charge is 0.307 e. The van der Waals surface area contributed by atoms with Crippen molar-refractivity contribution < 1.29 is 18.3 Å². The highest BCUT2D eigenvalue weighted by atomic mass is 79.9. The molecule has 0 aliphatic rings. The van der Waals surface area contributed by atoms with Crippen LogP contribution in [-0.2, 0) is 6.61 Å². The summed E-state index contributed by atoms with van der Waals surface area (Å²) in [6.45, 7) is 0.0303. The molecule has 162 valence electrons. The third kappa shape index (κ3) is 5.20. The quantitative estimate of drug-likeness (QED) is 0.196. The van der Waals surface area contributed by atoms with Gasteiger partial charge in [-0.2, -0.15) is 5.10 Å². The van der Waals surface area contributed by atoms with E-state index in [4.69, 9.17) is 20.8 Å². The second-order valence-electron chi connectivity index (χ2n) is 6.69. The summed E-state index contributed by atoms with van der Waals surface area (Å²) in [5.41, 5.74) is 4.06. The van der Waals surface area contributed by atoms with Crippen molar-refractivity contribution in [1.82, 2.24) is 5.43 Å². The third-order valence-electron chi connectivity index (χ3n) is 4.43. The Hall–Kier alpha value is -2.68. The van der Waals surface area contributed by atoms with Crippen LogP contribution in [0.1, 0.15) is 21.7 Å². The second-order valence-corrected chi connectivity index (χ2v) is 8.86. The van der Waals surface area contributed by atoms with Crippen LogP contribution < -0.4 is 10.2 Å². The van der Waals surface area contributed by atoms with Crippen LogP contribution >= 0.6 is 43.5 Å². The number of fused-ring (bicyclic) bond motifs is 1. The SMILES string of the molecule is O=C(N/N=C/c1cc(Cl)c(OCc2ccccc2F)c(Br)c1)c1cc2cc(Br)ccc2o1. The molecule has 1 N–H and O–H groups in total. The molecule has 3 aromatic carbocycles. The number of rotatable bonds is 6. The van der Waals surface area contributed by atoms with Gasteiger partial charge in [0, 0.05) is 15.4 Å². The van der Waals surface area contributed by atoms with E-state index in [0.717, 1.165) is 9.86 Å². The van der Waals surface area contributed by atoms with Crippen LogP contribution in [0.3, 0.4) is 0 Å². The molecule has 4 rings (SSSR count). The van der Waals surface area contributed by atoms with Crippen molar-refractivity contribution >= 4 is 66.6 Å². The summed E-state index contributed by atoms with van der Waals surface area (Å²) in [7, 11) is 0. The molecule has 0 spiro atoms. The number of ether oxygens (including phenoxy) is 1. The van der Waals surface area contributed by atoms with Crippen LogP contribution in [0.5, 0.6) is 5.75 Å². The van der Waals surface area contributed by atoms with Gasteiger partial charge in [0.2, 0.25) is 0 Å². The van der Waals surface area contributed by atoms with E-state index in [9.17, 15) is 9.18 Å². The minimum Gasteiger partial charge on any atom is -0.486 e. The molecule has 0 aliphatic heterocycles. The fourth-order valence-electron chi connectivity index (χ4n) is 2.90. The van der Waals surface area contributed by atoms with Gasteiger partial charge in [-0.3, -0.25) is 4.79 Å². The number of carbonyl (C=O) groups is 1. The third-order valence-corrected chi connectivity index (χ3v) is 5.80. The summed E-state index contributed by atoms with van der Waals surface area (Å²) in [5, 5.41) is 5.07. The lowest BCUT2D eigenvalue weighted by Gasteiger charge is -2.11. The molecule has 0 radical (unpaired) electrons. The zero-order chi connectivity index (χ0) is 22.7. The van der Waals surface area contributed by atoms with Gasteiger partial charge < -0.3 is 9.15 Å². The predicted octanol–water partition coefficient (Wildman–Crippen LogP) is 7.09. The van der Waals surface area contributed by atoms with Crippen molar-refractivity contribution in [3.05, 3.63) is 97.3 Å². The lowest BCUT2D eigenvalue weighted by molar-refractivity contribution is 0.0929. The molecule has 5 nitrogen and oxygen atoms in total. The average molecular weight is 581 g/mol. The molecule has 0 fully saturated rings. The van der Waals surface area contributed by atoms with Gasteiger partial charge in [-0.15, -0.1) is 0 Å². The Labute approximate surface area is 204 Å². The highest BCUT2D eigenvalue weighted by Gasteiger charge is 2.13. The number of hydrogen-bond donors (Lipinski definition) is 1. The van der Waals surface area contributed by atoms with Gasteiger partial charge >= 0.3 is 5.91 Å². The number of halogens is 4. The summed E-state index contributed by atoms with van der Waals surface area (Å²) in [6.07, 6.45) is 1.44. The molecule has 0 aliphatic carbocycles. The van der Waals surface area contributed by atoms with Crippen molar-refractivity contribution in [2.75, 3.05) is 0 Å². The summed E-state index contributed by atoms with van der Waals surface area (Å²) in [5.74, 6) is -0.309. The van der Waals surface area contributed by atoms with E-state index in [1.54, 1.807) is 42.5 Å². The lowest BCUT2D eigenvalue weighted by Crippen LogP contribution is -2.16. The zero-order valence-electron chi connectivity index (χ0n) is 16.2. The van der Waals surface area contributed by atoms with E-state index in [1.807, 2.05) is 12.1 Å². The molecule has 1 aromatic heterocycles. The van der Waals surface area contributed by atoms with Crippen LogP contribution in [0.25, 0.3) is 11.0 Å². The van der Waals surface area contributed by atoms with E-state index < -0.39 is 5.91 Å². The predicted molar refractivity (Wildman–Crippen MR) is 129 cm³/mol. The van der Waals surface area contributed by atoms with Gasteiger partial charge in [0.05, 0.1) is 15.7 Å². The maximum Gasteiger partial charge on any atom is 0.307 e. The average Bonchev–Trinajstić information content (AvgIpc) is 3.17. The van der Waals surface area contributed by atoms with E-state index in [-0.39, 0.29) is 18.2 Å². The summed E-state index contributed by atoms with van der Waals surface area (Å²) in [4.78, 5) is 12.3. The Bertz CT molecular complexity index is 1320. The summed E-state index contributed by atoms with van der Waals surface area (Å²) in [6, 6.07) is 16.8. The Kier molecular flexibility index (Phi) is 6.93. The lowest BCUT2D eigenvalue weighted by atomic mass is 10.2. The number of nitrogens with zero attached hydrogens (tertiary/aromatic N) is 1. The number of benzene rings is 3. The number of amides is 1. The van der Waals surface area contributed by atoms with Crippen molar-refractivity contribution in [1.29, 1.82) is 0 Å². The minimum atomic E-state index is -0.483. The monoisotopic (exact) mass is 578 g/mol. The van der Waals surface area contributed by atoms with Crippen LogP contribution in [0.15, 0.2) is 79.1 Å². The number of nitrogens with one attached hydrogen (secondary N) is 1. The first-order valence-electron chi connectivity index (χ1n) is 9.28. The van der Waals surface area contributed by atoms with Gasteiger partial charge in [-0.05, 0) is 64.0 Å². The number of hydrazone groups is 1. The van der Waals surface area contributed by atoms with Gasteiger partial charge in [0.15, 0.2) is 11.5 Å². The molecule has 0 unspecified atom stereocenters.